The minimum absolute atomic E-state index is 0.570. The van der Waals surface area contributed by atoms with E-state index in [1.165, 1.54) is 63.4 Å². The maximum atomic E-state index is 9.02. The Kier molecular flexibility index (Phi) is 9.43. The first-order valence-electron chi connectivity index (χ1n) is 8.19. The average Bonchev–Trinajstić information content (AvgIpc) is 2.46. The van der Waals surface area contributed by atoms with Gasteiger partial charge in [-0.3, -0.25) is 0 Å². The lowest BCUT2D eigenvalue weighted by Gasteiger charge is -2.04. The zero-order valence-corrected chi connectivity index (χ0v) is 12.9. The molecule has 0 bridgehead atoms. The van der Waals surface area contributed by atoms with E-state index in [-0.39, 0.29) is 0 Å². The van der Waals surface area contributed by atoms with Crippen LogP contribution >= 0.6 is 0 Å². The topological polar surface area (TPSA) is 40.5 Å². The molecule has 112 valence electrons. The lowest BCUT2D eigenvalue weighted by atomic mass is 9.80. The highest BCUT2D eigenvalue weighted by Gasteiger charge is 2.09. The molecule has 2 N–H and O–H groups in total. The lowest BCUT2D eigenvalue weighted by molar-refractivity contribution is 0.426. The molecule has 0 aliphatic carbocycles. The third-order valence-electron chi connectivity index (χ3n) is 3.85. The Bertz CT molecular complexity index is 335. The molecule has 1 aromatic carbocycles. The van der Waals surface area contributed by atoms with Gasteiger partial charge in [0.15, 0.2) is 0 Å². The van der Waals surface area contributed by atoms with Crippen molar-refractivity contribution in [3.63, 3.8) is 0 Å². The molecule has 0 aromatic heterocycles. The van der Waals surface area contributed by atoms with Gasteiger partial charge in [0, 0.05) is 0 Å². The SMILES string of the molecule is CCCCCCCCCCCc1ccc(B(O)O)cc1. The molecule has 0 atom stereocenters. The summed E-state index contributed by atoms with van der Waals surface area (Å²) in [6, 6.07) is 7.60. The van der Waals surface area contributed by atoms with Crippen LogP contribution in [0, 0.1) is 0 Å². The zero-order valence-electron chi connectivity index (χ0n) is 12.9. The Morgan fingerprint density at radius 3 is 1.75 bits per heavy atom. The molecule has 1 rings (SSSR count). The molecule has 0 fully saturated rings. The zero-order chi connectivity index (χ0) is 14.6. The minimum Gasteiger partial charge on any atom is -0.423 e. The summed E-state index contributed by atoms with van der Waals surface area (Å²) in [5.74, 6) is 0. The fourth-order valence-corrected chi connectivity index (χ4v) is 2.50. The number of aryl methyl sites for hydroxylation is 1. The van der Waals surface area contributed by atoms with Crippen molar-refractivity contribution in [2.75, 3.05) is 0 Å². The summed E-state index contributed by atoms with van der Waals surface area (Å²) in [5, 5.41) is 18.0. The summed E-state index contributed by atoms with van der Waals surface area (Å²) in [6.45, 7) is 2.26. The first-order valence-corrected chi connectivity index (χ1v) is 8.19. The summed E-state index contributed by atoms with van der Waals surface area (Å²) < 4.78 is 0. The molecule has 0 radical (unpaired) electrons. The standard InChI is InChI=1S/C17H29BO2/c1-2-3-4-5-6-7-8-9-10-11-16-12-14-17(15-13-16)18(19)20/h12-15,19-20H,2-11H2,1H3. The maximum Gasteiger partial charge on any atom is 0.488 e. The smallest absolute Gasteiger partial charge is 0.423 e. The number of hydrogen-bond donors (Lipinski definition) is 2. The van der Waals surface area contributed by atoms with Gasteiger partial charge in [-0.15, -0.1) is 0 Å². The van der Waals surface area contributed by atoms with Crippen molar-refractivity contribution < 1.29 is 10.0 Å². The Hall–Kier alpha value is -0.795. The average molecular weight is 276 g/mol. The summed E-state index contributed by atoms with van der Waals surface area (Å²) in [6.07, 6.45) is 13.3. The van der Waals surface area contributed by atoms with E-state index in [0.717, 1.165) is 6.42 Å². The van der Waals surface area contributed by atoms with Crippen molar-refractivity contribution >= 4 is 12.6 Å². The Balaban J connectivity index is 2.01. The minimum atomic E-state index is -1.35. The van der Waals surface area contributed by atoms with Crippen molar-refractivity contribution in [1.82, 2.24) is 0 Å². The largest absolute Gasteiger partial charge is 0.488 e. The summed E-state index contributed by atoms with van der Waals surface area (Å²) in [4.78, 5) is 0. The Morgan fingerprint density at radius 1 is 0.750 bits per heavy atom. The van der Waals surface area contributed by atoms with Crippen LogP contribution in [0.5, 0.6) is 0 Å². The second-order valence-corrected chi connectivity index (χ2v) is 5.69. The summed E-state index contributed by atoms with van der Waals surface area (Å²) in [5.41, 5.74) is 1.86. The van der Waals surface area contributed by atoms with Gasteiger partial charge in [-0.2, -0.15) is 0 Å². The van der Waals surface area contributed by atoms with Crippen LogP contribution in [0.15, 0.2) is 24.3 Å². The molecule has 0 saturated heterocycles. The van der Waals surface area contributed by atoms with Crippen LogP contribution in [0.25, 0.3) is 0 Å². The molecule has 0 aliphatic rings. The molecule has 0 amide bonds. The quantitative estimate of drug-likeness (QED) is 0.480. The molecule has 0 aliphatic heterocycles. The fourth-order valence-electron chi connectivity index (χ4n) is 2.50. The van der Waals surface area contributed by atoms with Crippen molar-refractivity contribution in [3.8, 4) is 0 Å². The third-order valence-corrected chi connectivity index (χ3v) is 3.85. The van der Waals surface area contributed by atoms with Crippen molar-refractivity contribution in [1.29, 1.82) is 0 Å². The van der Waals surface area contributed by atoms with Gasteiger partial charge in [0.2, 0.25) is 0 Å². The Morgan fingerprint density at radius 2 is 1.25 bits per heavy atom. The van der Waals surface area contributed by atoms with Gasteiger partial charge in [0.05, 0.1) is 0 Å². The number of rotatable bonds is 11. The maximum absolute atomic E-state index is 9.02. The van der Waals surface area contributed by atoms with Crippen LogP contribution in [0.3, 0.4) is 0 Å². The van der Waals surface area contributed by atoms with Crippen LogP contribution in [-0.4, -0.2) is 17.2 Å². The van der Waals surface area contributed by atoms with E-state index in [9.17, 15) is 0 Å². The van der Waals surface area contributed by atoms with Gasteiger partial charge in [-0.25, -0.2) is 0 Å². The van der Waals surface area contributed by atoms with Crippen molar-refractivity contribution in [2.24, 2.45) is 0 Å². The van der Waals surface area contributed by atoms with Crippen LogP contribution in [0.4, 0.5) is 0 Å². The predicted octanol–water partition coefficient (Wildman–Crippen LogP) is 3.44. The highest BCUT2D eigenvalue weighted by atomic mass is 16.4. The highest BCUT2D eigenvalue weighted by molar-refractivity contribution is 6.58. The lowest BCUT2D eigenvalue weighted by Crippen LogP contribution is -2.29. The van der Waals surface area contributed by atoms with E-state index in [1.807, 2.05) is 12.1 Å². The molecule has 0 spiro atoms. The van der Waals surface area contributed by atoms with E-state index in [0.29, 0.717) is 5.46 Å². The first-order chi connectivity index (χ1) is 9.74. The number of benzene rings is 1. The summed E-state index contributed by atoms with van der Waals surface area (Å²) in [7, 11) is -1.35. The molecular weight excluding hydrogens is 247 g/mol. The van der Waals surface area contributed by atoms with Gasteiger partial charge >= 0.3 is 7.12 Å². The summed E-state index contributed by atoms with van der Waals surface area (Å²) >= 11 is 0. The van der Waals surface area contributed by atoms with Gasteiger partial charge in [0.25, 0.3) is 0 Å². The van der Waals surface area contributed by atoms with E-state index in [1.54, 1.807) is 12.1 Å². The number of hydrogen-bond acceptors (Lipinski definition) is 2. The van der Waals surface area contributed by atoms with Gasteiger partial charge < -0.3 is 10.0 Å². The molecule has 1 aromatic rings. The van der Waals surface area contributed by atoms with Crippen LogP contribution in [0.2, 0.25) is 0 Å². The number of unbranched alkanes of at least 4 members (excludes halogenated alkanes) is 8. The van der Waals surface area contributed by atoms with E-state index in [4.69, 9.17) is 10.0 Å². The highest BCUT2D eigenvalue weighted by Crippen LogP contribution is 2.11. The molecule has 2 nitrogen and oxygen atoms in total. The molecule has 0 saturated carbocycles. The molecular formula is C17H29BO2. The van der Waals surface area contributed by atoms with E-state index >= 15 is 0 Å². The Labute approximate surface area is 124 Å². The van der Waals surface area contributed by atoms with Crippen LogP contribution < -0.4 is 5.46 Å². The van der Waals surface area contributed by atoms with Gasteiger partial charge in [-0.05, 0) is 23.9 Å². The fraction of sp³-hybridized carbons (Fsp3) is 0.647. The van der Waals surface area contributed by atoms with Gasteiger partial charge in [0.1, 0.15) is 0 Å². The molecule has 20 heavy (non-hydrogen) atoms. The van der Waals surface area contributed by atoms with Crippen LogP contribution in [-0.2, 0) is 6.42 Å². The van der Waals surface area contributed by atoms with Gasteiger partial charge in [-0.1, -0.05) is 82.6 Å². The van der Waals surface area contributed by atoms with Crippen LogP contribution in [0.1, 0.15) is 70.3 Å². The van der Waals surface area contributed by atoms with Crippen molar-refractivity contribution in [3.05, 3.63) is 29.8 Å². The molecule has 3 heteroatoms. The van der Waals surface area contributed by atoms with E-state index in [2.05, 4.69) is 6.92 Å². The monoisotopic (exact) mass is 276 g/mol. The normalized spacial score (nSPS) is 10.8. The van der Waals surface area contributed by atoms with E-state index < -0.39 is 7.12 Å². The third kappa shape index (κ3) is 7.71. The molecule has 0 unspecified atom stereocenters. The predicted molar refractivity (Wildman–Crippen MR) is 87.2 cm³/mol. The second-order valence-electron chi connectivity index (χ2n) is 5.69. The first kappa shape index (κ1) is 17.3. The molecule has 0 heterocycles. The second kappa shape index (κ2) is 10.9. The van der Waals surface area contributed by atoms with Crippen molar-refractivity contribution in [2.45, 2.75) is 71.1 Å².